The van der Waals surface area contributed by atoms with Crippen LogP contribution in [0.4, 0.5) is 11.8 Å². The van der Waals surface area contributed by atoms with Gasteiger partial charge < -0.3 is 30.7 Å². The monoisotopic (exact) mass is 486 g/mol. The van der Waals surface area contributed by atoms with E-state index >= 15 is 0 Å². The van der Waals surface area contributed by atoms with Gasteiger partial charge in [-0.3, -0.25) is 0 Å². The van der Waals surface area contributed by atoms with E-state index in [9.17, 15) is 15.3 Å². The van der Waals surface area contributed by atoms with E-state index in [-0.39, 0.29) is 6.61 Å². The largest absolute Gasteiger partial charge is 0.476 e. The maximum atomic E-state index is 10.6. The normalized spacial score (nSPS) is 24.5. The molecule has 2 saturated carbocycles. The first kappa shape index (κ1) is 23.2. The van der Waals surface area contributed by atoms with Crippen LogP contribution in [0.5, 0.6) is 5.88 Å². The molecular formula is C23H30N6O4S. The van der Waals surface area contributed by atoms with Crippen LogP contribution in [-0.4, -0.2) is 73.3 Å². The fourth-order valence-corrected chi connectivity index (χ4v) is 5.43. The second-order valence-electron chi connectivity index (χ2n) is 9.01. The molecule has 3 aromatic rings. The van der Waals surface area contributed by atoms with E-state index in [1.807, 2.05) is 19.9 Å². The number of aliphatic hydroxyl groups is 3. The summed E-state index contributed by atoms with van der Waals surface area (Å²) in [6.45, 7) is 4.94. The molecule has 4 atom stereocenters. The van der Waals surface area contributed by atoms with Crippen molar-refractivity contribution in [2.45, 2.75) is 51.4 Å². The van der Waals surface area contributed by atoms with Crippen molar-refractivity contribution in [2.24, 2.45) is 11.8 Å². The van der Waals surface area contributed by atoms with Gasteiger partial charge in [0.25, 0.3) is 0 Å². The number of pyridine rings is 1. The summed E-state index contributed by atoms with van der Waals surface area (Å²) in [4.78, 5) is 18.6. The smallest absolute Gasteiger partial charge is 0.241 e. The first-order valence-electron chi connectivity index (χ1n) is 11.7. The summed E-state index contributed by atoms with van der Waals surface area (Å²) in [5.41, 5.74) is 2.16. The summed E-state index contributed by atoms with van der Waals surface area (Å²) in [5.74, 6) is 1.80. The van der Waals surface area contributed by atoms with Crippen molar-refractivity contribution in [3.8, 4) is 16.5 Å². The molecule has 0 amide bonds. The highest BCUT2D eigenvalue weighted by atomic mass is 32.1. The molecule has 3 heterocycles. The molecule has 5 rings (SSSR count). The molecule has 34 heavy (non-hydrogen) atoms. The van der Waals surface area contributed by atoms with Crippen molar-refractivity contribution < 1.29 is 20.1 Å². The number of fused-ring (bicyclic) bond motifs is 1. The number of aryl methyl sites for hydroxylation is 1. The first-order valence-corrected chi connectivity index (χ1v) is 12.5. The zero-order valence-corrected chi connectivity index (χ0v) is 20.0. The number of nitrogens with one attached hydrogen (secondary N) is 2. The second kappa shape index (κ2) is 9.57. The Hall–Kier alpha value is -2.60. The van der Waals surface area contributed by atoms with Gasteiger partial charge in [0.05, 0.1) is 34.7 Å². The van der Waals surface area contributed by atoms with Gasteiger partial charge in [0.2, 0.25) is 11.8 Å². The molecule has 0 unspecified atom stereocenters. The Kier molecular flexibility index (Phi) is 6.52. The van der Waals surface area contributed by atoms with Crippen LogP contribution in [0.25, 0.3) is 20.8 Å². The Morgan fingerprint density at radius 1 is 1.18 bits per heavy atom. The van der Waals surface area contributed by atoms with Crippen LogP contribution >= 0.6 is 11.3 Å². The van der Waals surface area contributed by atoms with E-state index in [1.165, 1.54) is 24.2 Å². The molecule has 2 aliphatic rings. The number of ether oxygens (including phenoxy) is 1. The van der Waals surface area contributed by atoms with Gasteiger partial charge in [0.1, 0.15) is 22.4 Å². The number of thiazole rings is 1. The van der Waals surface area contributed by atoms with Gasteiger partial charge in [-0.25, -0.2) is 15.0 Å². The molecule has 0 saturated heterocycles. The number of rotatable bonds is 9. The van der Waals surface area contributed by atoms with Crippen LogP contribution in [0.1, 0.15) is 31.9 Å². The van der Waals surface area contributed by atoms with E-state index in [0.29, 0.717) is 47.1 Å². The number of hydrogen-bond acceptors (Lipinski definition) is 11. The average molecular weight is 487 g/mol. The summed E-state index contributed by atoms with van der Waals surface area (Å²) in [6.07, 6.45) is 2.53. The number of nitrogens with zero attached hydrogens (tertiary/aromatic N) is 4. The Balaban J connectivity index is 1.54. The molecular weight excluding hydrogens is 456 g/mol. The molecule has 182 valence electrons. The molecule has 11 heteroatoms. The molecule has 0 bridgehead atoms. The van der Waals surface area contributed by atoms with Crippen LogP contribution in [0, 0.1) is 18.8 Å². The third kappa shape index (κ3) is 4.52. The molecule has 2 fully saturated rings. The minimum Gasteiger partial charge on any atom is -0.476 e. The predicted molar refractivity (Wildman–Crippen MR) is 130 cm³/mol. The molecule has 2 aliphatic carbocycles. The van der Waals surface area contributed by atoms with Crippen molar-refractivity contribution in [3.63, 3.8) is 0 Å². The average Bonchev–Trinajstić information content (AvgIpc) is 3.49. The van der Waals surface area contributed by atoms with Gasteiger partial charge in [-0.05, 0) is 45.1 Å². The Labute approximate surface area is 201 Å². The minimum atomic E-state index is -1.02. The van der Waals surface area contributed by atoms with Gasteiger partial charge >= 0.3 is 0 Å². The van der Waals surface area contributed by atoms with Crippen LogP contribution in [0.2, 0.25) is 0 Å². The number of aromatic nitrogens is 4. The molecule has 10 nitrogen and oxygen atoms in total. The standard InChI is InChI=1S/C23H30N6O4S/c1-3-33-21-17-15(6-7-24-21)34-22(28-17)16-11(2)26-23(25-9-12-4-5-12)29-20(16)27-14-8-13(10-30)18(31)19(14)32/h6-7,12-14,18-19,30-32H,3-5,8-10H2,1-2H3,(H2,25,26,27,29)/t13-,14-,18-,19+/m1/s1. The number of aliphatic hydroxyl groups excluding tert-OH is 3. The lowest BCUT2D eigenvalue weighted by atomic mass is 10.1. The fraction of sp³-hybridized carbons (Fsp3) is 0.565. The van der Waals surface area contributed by atoms with Gasteiger partial charge in [-0.1, -0.05) is 0 Å². The van der Waals surface area contributed by atoms with Crippen LogP contribution in [0.3, 0.4) is 0 Å². The highest BCUT2D eigenvalue weighted by molar-refractivity contribution is 7.21. The zero-order chi connectivity index (χ0) is 23.8. The van der Waals surface area contributed by atoms with E-state index < -0.39 is 24.2 Å². The van der Waals surface area contributed by atoms with E-state index in [2.05, 4.69) is 20.6 Å². The van der Waals surface area contributed by atoms with Crippen LogP contribution in [0.15, 0.2) is 12.3 Å². The van der Waals surface area contributed by atoms with Crippen molar-refractivity contribution in [1.82, 2.24) is 19.9 Å². The lowest BCUT2D eigenvalue weighted by Gasteiger charge is -2.21. The van der Waals surface area contributed by atoms with Crippen LogP contribution < -0.4 is 15.4 Å². The van der Waals surface area contributed by atoms with E-state index in [0.717, 1.165) is 22.5 Å². The topological polar surface area (TPSA) is 146 Å². The number of anilines is 2. The van der Waals surface area contributed by atoms with Gasteiger partial charge in [-0.2, -0.15) is 4.98 Å². The summed E-state index contributed by atoms with van der Waals surface area (Å²) in [6, 6.07) is 1.43. The zero-order valence-electron chi connectivity index (χ0n) is 19.2. The van der Waals surface area contributed by atoms with Crippen molar-refractivity contribution in [3.05, 3.63) is 18.0 Å². The maximum Gasteiger partial charge on any atom is 0.241 e. The summed E-state index contributed by atoms with van der Waals surface area (Å²) in [5, 5.41) is 37.8. The summed E-state index contributed by atoms with van der Waals surface area (Å²) >= 11 is 1.49. The summed E-state index contributed by atoms with van der Waals surface area (Å²) in [7, 11) is 0. The van der Waals surface area contributed by atoms with Gasteiger partial charge in [0.15, 0.2) is 0 Å². The van der Waals surface area contributed by atoms with Gasteiger partial charge in [-0.15, -0.1) is 11.3 Å². The van der Waals surface area contributed by atoms with Crippen molar-refractivity contribution in [1.29, 1.82) is 0 Å². The third-order valence-electron chi connectivity index (χ3n) is 6.46. The Morgan fingerprint density at radius 3 is 2.71 bits per heavy atom. The highest BCUT2D eigenvalue weighted by Gasteiger charge is 2.41. The molecule has 0 spiro atoms. The van der Waals surface area contributed by atoms with Gasteiger partial charge in [0, 0.05) is 25.3 Å². The van der Waals surface area contributed by atoms with Crippen LogP contribution in [-0.2, 0) is 0 Å². The van der Waals surface area contributed by atoms with Crippen molar-refractivity contribution >= 4 is 33.3 Å². The van der Waals surface area contributed by atoms with E-state index in [4.69, 9.17) is 14.7 Å². The Morgan fingerprint density at radius 2 is 2.00 bits per heavy atom. The number of hydrogen-bond donors (Lipinski definition) is 5. The SMILES string of the molecule is CCOc1nccc2sc(-c3c(C)nc(NCC4CC4)nc3N[C@@H]3C[C@H](CO)[C@@H](O)[C@H]3O)nc12. The van der Waals surface area contributed by atoms with Crippen molar-refractivity contribution in [2.75, 3.05) is 30.4 Å². The molecule has 0 aromatic carbocycles. The lowest BCUT2D eigenvalue weighted by molar-refractivity contribution is 0.00446. The quantitative estimate of drug-likeness (QED) is 0.305. The third-order valence-corrected chi connectivity index (χ3v) is 7.50. The van der Waals surface area contributed by atoms with E-state index in [1.54, 1.807) is 6.20 Å². The highest BCUT2D eigenvalue weighted by Crippen LogP contribution is 2.39. The minimum absolute atomic E-state index is 0.189. The summed E-state index contributed by atoms with van der Waals surface area (Å²) < 4.78 is 6.59. The first-order chi connectivity index (χ1) is 16.5. The maximum absolute atomic E-state index is 10.6. The Bertz CT molecular complexity index is 1170. The fourth-order valence-electron chi connectivity index (χ4n) is 4.38. The molecule has 3 aromatic heterocycles. The molecule has 0 radical (unpaired) electrons. The second-order valence-corrected chi connectivity index (χ2v) is 10.0. The molecule has 5 N–H and O–H groups in total. The molecule has 0 aliphatic heterocycles. The predicted octanol–water partition coefficient (Wildman–Crippen LogP) is 2.19. The lowest BCUT2D eigenvalue weighted by Crippen LogP contribution is -2.35.